The van der Waals surface area contributed by atoms with Crippen molar-refractivity contribution in [3.05, 3.63) is 34.9 Å². The van der Waals surface area contributed by atoms with Gasteiger partial charge in [0.2, 0.25) is 0 Å². The van der Waals surface area contributed by atoms with Crippen LogP contribution in [0.25, 0.3) is 6.08 Å². The fourth-order valence-corrected chi connectivity index (χ4v) is 2.10. The molecule has 0 bridgehead atoms. The lowest BCUT2D eigenvalue weighted by molar-refractivity contribution is -0.222. The van der Waals surface area contributed by atoms with E-state index in [9.17, 15) is 14.7 Å². The Hall–Kier alpha value is -2.30. The summed E-state index contributed by atoms with van der Waals surface area (Å²) in [6.07, 6.45) is 1.29. The van der Waals surface area contributed by atoms with E-state index in [1.54, 1.807) is 18.2 Å². The maximum absolute atomic E-state index is 11.9. The highest BCUT2D eigenvalue weighted by molar-refractivity contribution is 6.19. The average Bonchev–Trinajstić information content (AvgIpc) is 2.34. The van der Waals surface area contributed by atoms with Crippen LogP contribution in [0.5, 0.6) is 5.75 Å². The first kappa shape index (κ1) is 15.1. The molecule has 1 aliphatic heterocycles. The first-order valence-electron chi connectivity index (χ1n) is 6.71. The second-order valence-electron chi connectivity index (χ2n) is 5.68. The van der Waals surface area contributed by atoms with Crippen LogP contribution < -0.4 is 0 Å². The van der Waals surface area contributed by atoms with Crippen molar-refractivity contribution in [1.29, 1.82) is 0 Å². The highest BCUT2D eigenvalue weighted by Crippen LogP contribution is 2.31. The van der Waals surface area contributed by atoms with Gasteiger partial charge in [-0.25, -0.2) is 9.59 Å². The maximum atomic E-state index is 11.9. The number of rotatable bonds is 2. The number of hydrogen-bond acceptors (Lipinski definition) is 5. The Kier molecular flexibility index (Phi) is 3.77. The Morgan fingerprint density at radius 1 is 1.14 bits per heavy atom. The predicted molar refractivity (Wildman–Crippen MR) is 76.4 cm³/mol. The fourth-order valence-electron chi connectivity index (χ4n) is 2.10. The summed E-state index contributed by atoms with van der Waals surface area (Å²) in [5.74, 6) is -2.62. The SMILES string of the molecule is CC(C)c1cccc(C=C2C(=O)OC(C)(C)OC2=O)c1O. The predicted octanol–water partition coefficient (Wildman–Crippen LogP) is 2.74. The Labute approximate surface area is 123 Å². The zero-order valence-corrected chi connectivity index (χ0v) is 12.5. The minimum atomic E-state index is -1.27. The molecule has 112 valence electrons. The summed E-state index contributed by atoms with van der Waals surface area (Å²) in [6, 6.07) is 5.17. The van der Waals surface area contributed by atoms with Crippen molar-refractivity contribution in [2.75, 3.05) is 0 Å². The summed E-state index contributed by atoms with van der Waals surface area (Å²) >= 11 is 0. The number of esters is 2. The quantitative estimate of drug-likeness (QED) is 0.515. The van der Waals surface area contributed by atoms with Gasteiger partial charge in [0.05, 0.1) is 0 Å². The van der Waals surface area contributed by atoms with E-state index < -0.39 is 17.7 Å². The molecule has 0 aromatic heterocycles. The van der Waals surface area contributed by atoms with Crippen molar-refractivity contribution in [2.24, 2.45) is 0 Å². The molecule has 0 spiro atoms. The van der Waals surface area contributed by atoms with Crippen molar-refractivity contribution in [2.45, 2.75) is 39.4 Å². The molecule has 0 amide bonds. The van der Waals surface area contributed by atoms with Gasteiger partial charge in [-0.1, -0.05) is 32.0 Å². The van der Waals surface area contributed by atoms with Gasteiger partial charge in [0.1, 0.15) is 11.3 Å². The number of carbonyl (C=O) groups is 2. The molecule has 1 N–H and O–H groups in total. The van der Waals surface area contributed by atoms with Crippen molar-refractivity contribution >= 4 is 18.0 Å². The molecule has 2 rings (SSSR count). The number of benzene rings is 1. The molecule has 0 unspecified atom stereocenters. The van der Waals surface area contributed by atoms with Crippen LogP contribution in [0.4, 0.5) is 0 Å². The largest absolute Gasteiger partial charge is 0.507 e. The number of carbonyl (C=O) groups excluding carboxylic acids is 2. The van der Waals surface area contributed by atoms with E-state index in [-0.39, 0.29) is 17.2 Å². The molecule has 5 heteroatoms. The molecule has 0 radical (unpaired) electrons. The Bertz CT molecular complexity index is 604. The standard InChI is InChI=1S/C16H18O5/c1-9(2)11-7-5-6-10(13(11)17)8-12-14(18)20-16(3,4)21-15(12)19/h5-9,17H,1-4H3. The third-order valence-electron chi connectivity index (χ3n) is 3.14. The fraction of sp³-hybridized carbons (Fsp3) is 0.375. The van der Waals surface area contributed by atoms with Crippen LogP contribution in [-0.2, 0) is 19.1 Å². The summed E-state index contributed by atoms with van der Waals surface area (Å²) < 4.78 is 10.0. The number of phenolic OH excluding ortho intramolecular Hbond substituents is 1. The molecule has 1 aromatic rings. The molecule has 1 heterocycles. The number of phenols is 1. The highest BCUT2D eigenvalue weighted by atomic mass is 16.7. The summed E-state index contributed by atoms with van der Waals surface area (Å²) in [5.41, 5.74) is 0.887. The van der Waals surface area contributed by atoms with Crippen LogP contribution in [0.15, 0.2) is 23.8 Å². The van der Waals surface area contributed by atoms with Crippen molar-refractivity contribution in [1.82, 2.24) is 0 Å². The van der Waals surface area contributed by atoms with E-state index in [4.69, 9.17) is 9.47 Å². The van der Waals surface area contributed by atoms with E-state index in [2.05, 4.69) is 0 Å². The second-order valence-corrected chi connectivity index (χ2v) is 5.68. The van der Waals surface area contributed by atoms with E-state index in [0.29, 0.717) is 5.56 Å². The lowest BCUT2D eigenvalue weighted by Crippen LogP contribution is -2.41. The van der Waals surface area contributed by atoms with Gasteiger partial charge >= 0.3 is 11.9 Å². The minimum Gasteiger partial charge on any atom is -0.507 e. The number of cyclic esters (lactones) is 2. The van der Waals surface area contributed by atoms with Crippen LogP contribution in [0.1, 0.15) is 44.7 Å². The number of para-hydroxylation sites is 1. The molecule has 21 heavy (non-hydrogen) atoms. The smallest absolute Gasteiger partial charge is 0.348 e. The molecule has 1 saturated heterocycles. The first-order valence-corrected chi connectivity index (χ1v) is 6.71. The molecule has 1 aromatic carbocycles. The van der Waals surface area contributed by atoms with Gasteiger partial charge in [0, 0.05) is 19.4 Å². The molecule has 0 aliphatic carbocycles. The van der Waals surface area contributed by atoms with Gasteiger partial charge in [-0.2, -0.15) is 0 Å². The molecular weight excluding hydrogens is 272 g/mol. The third-order valence-corrected chi connectivity index (χ3v) is 3.14. The van der Waals surface area contributed by atoms with Crippen molar-refractivity contribution < 1.29 is 24.2 Å². The number of aromatic hydroxyl groups is 1. The first-order chi connectivity index (χ1) is 9.71. The van der Waals surface area contributed by atoms with Gasteiger partial charge in [0.25, 0.3) is 5.79 Å². The zero-order chi connectivity index (χ0) is 15.8. The van der Waals surface area contributed by atoms with Crippen LogP contribution >= 0.6 is 0 Å². The Morgan fingerprint density at radius 2 is 1.71 bits per heavy atom. The van der Waals surface area contributed by atoms with Gasteiger partial charge in [0.15, 0.2) is 0 Å². The molecular formula is C16H18O5. The normalized spacial score (nSPS) is 17.5. The molecule has 0 atom stereocenters. The van der Waals surface area contributed by atoms with E-state index in [1.165, 1.54) is 19.9 Å². The van der Waals surface area contributed by atoms with E-state index >= 15 is 0 Å². The van der Waals surface area contributed by atoms with E-state index in [0.717, 1.165) is 5.56 Å². The van der Waals surface area contributed by atoms with Crippen molar-refractivity contribution in [3.8, 4) is 5.75 Å². The van der Waals surface area contributed by atoms with E-state index in [1.807, 2.05) is 13.8 Å². The van der Waals surface area contributed by atoms with Crippen LogP contribution in [0.3, 0.4) is 0 Å². The van der Waals surface area contributed by atoms with Crippen LogP contribution in [0, 0.1) is 0 Å². The number of ether oxygens (including phenoxy) is 2. The summed E-state index contributed by atoms with van der Waals surface area (Å²) in [7, 11) is 0. The molecule has 0 saturated carbocycles. The summed E-state index contributed by atoms with van der Waals surface area (Å²) in [4.78, 5) is 23.8. The summed E-state index contributed by atoms with van der Waals surface area (Å²) in [6.45, 7) is 6.85. The Morgan fingerprint density at radius 3 is 2.24 bits per heavy atom. The zero-order valence-electron chi connectivity index (χ0n) is 12.5. The monoisotopic (exact) mass is 290 g/mol. The summed E-state index contributed by atoms with van der Waals surface area (Å²) in [5, 5.41) is 10.2. The van der Waals surface area contributed by atoms with Gasteiger partial charge in [-0.15, -0.1) is 0 Å². The van der Waals surface area contributed by atoms with Crippen LogP contribution in [-0.4, -0.2) is 22.8 Å². The lowest BCUT2D eigenvalue weighted by Gasteiger charge is -2.29. The third kappa shape index (κ3) is 3.07. The average molecular weight is 290 g/mol. The molecule has 5 nitrogen and oxygen atoms in total. The van der Waals surface area contributed by atoms with Gasteiger partial charge in [-0.3, -0.25) is 0 Å². The van der Waals surface area contributed by atoms with Crippen LogP contribution in [0.2, 0.25) is 0 Å². The number of hydrogen-bond donors (Lipinski definition) is 1. The Balaban J connectivity index is 2.43. The minimum absolute atomic E-state index is 0.0467. The second kappa shape index (κ2) is 5.24. The maximum Gasteiger partial charge on any atom is 0.348 e. The van der Waals surface area contributed by atoms with Gasteiger partial charge < -0.3 is 14.6 Å². The topological polar surface area (TPSA) is 72.8 Å². The highest BCUT2D eigenvalue weighted by Gasteiger charge is 2.39. The van der Waals surface area contributed by atoms with Gasteiger partial charge in [-0.05, 0) is 17.6 Å². The lowest BCUT2D eigenvalue weighted by atomic mass is 9.98. The molecule has 1 fully saturated rings. The van der Waals surface area contributed by atoms with Crippen molar-refractivity contribution in [3.63, 3.8) is 0 Å². The molecule has 1 aliphatic rings.